The molecule has 1 aliphatic rings. The van der Waals surface area contributed by atoms with E-state index < -0.39 is 5.97 Å². The molecule has 132 valence electrons. The van der Waals surface area contributed by atoms with Gasteiger partial charge in [-0.25, -0.2) is 0 Å². The highest BCUT2D eigenvalue weighted by molar-refractivity contribution is 5.84. The maximum atomic E-state index is 12.1. The number of carbonyl (C=O) groups excluding carboxylic acids is 1. The number of hydrogen-bond acceptors (Lipinski definition) is 3. The van der Waals surface area contributed by atoms with Gasteiger partial charge in [0.25, 0.3) is 0 Å². The van der Waals surface area contributed by atoms with Gasteiger partial charge in [-0.3, -0.25) is 9.59 Å². The zero-order chi connectivity index (χ0) is 18.1. The quantitative estimate of drug-likeness (QED) is 0.667. The van der Waals surface area contributed by atoms with Crippen molar-refractivity contribution in [2.24, 2.45) is 11.8 Å². The normalized spacial score (nSPS) is 20.0. The molecule has 1 aliphatic carbocycles. The SMILES string of the molecule is N#Cc1ccc(/C=C/C2CCC(=O)C2CCCCCCC(=O)O)cc1. The number of ketones is 1. The van der Waals surface area contributed by atoms with Crippen molar-refractivity contribution in [3.05, 3.63) is 41.5 Å². The van der Waals surface area contributed by atoms with Crippen molar-refractivity contribution < 1.29 is 14.7 Å². The van der Waals surface area contributed by atoms with Crippen LogP contribution in [-0.4, -0.2) is 16.9 Å². The molecule has 4 heteroatoms. The molecule has 1 saturated carbocycles. The van der Waals surface area contributed by atoms with Crippen LogP contribution in [0.15, 0.2) is 30.3 Å². The van der Waals surface area contributed by atoms with Gasteiger partial charge in [-0.2, -0.15) is 5.26 Å². The van der Waals surface area contributed by atoms with E-state index in [1.54, 1.807) is 12.1 Å². The number of hydrogen-bond donors (Lipinski definition) is 1. The number of nitriles is 1. The fourth-order valence-corrected chi connectivity index (χ4v) is 3.44. The number of carboxylic acids is 1. The Morgan fingerprint density at radius 2 is 1.92 bits per heavy atom. The molecule has 1 aromatic carbocycles. The Kier molecular flexibility index (Phi) is 7.40. The molecule has 0 aromatic heterocycles. The maximum Gasteiger partial charge on any atom is 0.303 e. The summed E-state index contributed by atoms with van der Waals surface area (Å²) >= 11 is 0. The molecule has 0 spiro atoms. The van der Waals surface area contributed by atoms with Gasteiger partial charge in [0.1, 0.15) is 5.78 Å². The lowest BCUT2D eigenvalue weighted by Crippen LogP contribution is -2.13. The second kappa shape index (κ2) is 9.78. The number of benzene rings is 1. The lowest BCUT2D eigenvalue weighted by Gasteiger charge is -2.14. The van der Waals surface area contributed by atoms with Crippen LogP contribution in [-0.2, 0) is 9.59 Å². The Labute approximate surface area is 149 Å². The summed E-state index contributed by atoms with van der Waals surface area (Å²) in [6, 6.07) is 9.55. The standard InChI is InChI=1S/C21H25NO3/c22-15-17-9-7-16(8-10-17)11-12-18-13-14-20(23)19(18)5-3-1-2-4-6-21(24)25/h7-12,18-19H,1-6,13-14H2,(H,24,25)/b12-11+. The number of rotatable bonds is 9. The average molecular weight is 339 g/mol. The summed E-state index contributed by atoms with van der Waals surface area (Å²) in [5, 5.41) is 17.5. The van der Waals surface area contributed by atoms with Crippen molar-refractivity contribution in [2.75, 3.05) is 0 Å². The fraction of sp³-hybridized carbons (Fsp3) is 0.476. The largest absolute Gasteiger partial charge is 0.481 e. The highest BCUT2D eigenvalue weighted by Crippen LogP contribution is 2.34. The van der Waals surface area contributed by atoms with E-state index >= 15 is 0 Å². The Balaban J connectivity index is 1.80. The first-order chi connectivity index (χ1) is 12.1. The third kappa shape index (κ3) is 6.19. The van der Waals surface area contributed by atoms with Gasteiger partial charge in [0.2, 0.25) is 0 Å². The van der Waals surface area contributed by atoms with Crippen molar-refractivity contribution in [1.82, 2.24) is 0 Å². The Bertz CT molecular complexity index is 655. The van der Waals surface area contributed by atoms with E-state index in [1.807, 2.05) is 18.2 Å². The lowest BCUT2D eigenvalue weighted by atomic mass is 9.89. The molecule has 0 heterocycles. The van der Waals surface area contributed by atoms with Gasteiger partial charge in [0.05, 0.1) is 11.6 Å². The van der Waals surface area contributed by atoms with Crippen LogP contribution in [0.2, 0.25) is 0 Å². The number of carboxylic acid groups (broad SMARTS) is 1. The highest BCUT2D eigenvalue weighted by Gasteiger charge is 2.32. The Morgan fingerprint density at radius 3 is 2.60 bits per heavy atom. The predicted molar refractivity (Wildman–Crippen MR) is 96.7 cm³/mol. The Hall–Kier alpha value is -2.41. The third-order valence-electron chi connectivity index (χ3n) is 4.89. The molecule has 25 heavy (non-hydrogen) atoms. The van der Waals surface area contributed by atoms with Gasteiger partial charge >= 0.3 is 5.97 Å². The minimum absolute atomic E-state index is 0.106. The van der Waals surface area contributed by atoms with Gasteiger partial charge in [0, 0.05) is 18.8 Å². The highest BCUT2D eigenvalue weighted by atomic mass is 16.4. The van der Waals surface area contributed by atoms with Crippen molar-refractivity contribution in [2.45, 2.75) is 51.4 Å². The number of Topliss-reactive ketones (excluding diaryl/α,β-unsaturated/α-hetero) is 1. The van der Waals surface area contributed by atoms with Gasteiger partial charge in [-0.15, -0.1) is 0 Å². The molecule has 0 saturated heterocycles. The molecule has 0 amide bonds. The zero-order valence-corrected chi connectivity index (χ0v) is 14.5. The van der Waals surface area contributed by atoms with E-state index in [4.69, 9.17) is 10.4 Å². The molecule has 2 unspecified atom stereocenters. The minimum atomic E-state index is -0.737. The van der Waals surface area contributed by atoms with E-state index in [0.29, 0.717) is 23.7 Å². The molecule has 0 bridgehead atoms. The molecular weight excluding hydrogens is 314 g/mol. The third-order valence-corrected chi connectivity index (χ3v) is 4.89. The van der Waals surface area contributed by atoms with Crippen molar-refractivity contribution in [1.29, 1.82) is 5.26 Å². The van der Waals surface area contributed by atoms with Crippen molar-refractivity contribution in [3.63, 3.8) is 0 Å². The maximum absolute atomic E-state index is 12.1. The van der Waals surface area contributed by atoms with E-state index in [1.165, 1.54) is 0 Å². The first-order valence-corrected chi connectivity index (χ1v) is 9.03. The summed E-state index contributed by atoms with van der Waals surface area (Å²) in [6.07, 6.45) is 10.5. The first kappa shape index (κ1) is 18.9. The van der Waals surface area contributed by atoms with Gasteiger partial charge in [-0.1, -0.05) is 43.5 Å². The van der Waals surface area contributed by atoms with Crippen molar-refractivity contribution in [3.8, 4) is 6.07 Å². The summed E-state index contributed by atoms with van der Waals surface area (Å²) < 4.78 is 0. The van der Waals surface area contributed by atoms with E-state index in [2.05, 4.69) is 12.1 Å². The van der Waals surface area contributed by atoms with Crippen LogP contribution in [0.3, 0.4) is 0 Å². The van der Waals surface area contributed by atoms with Crippen molar-refractivity contribution >= 4 is 17.8 Å². The summed E-state index contributed by atoms with van der Waals surface area (Å²) in [5.74, 6) is 0.0234. The molecule has 0 aliphatic heterocycles. The summed E-state index contributed by atoms with van der Waals surface area (Å²) in [5.41, 5.74) is 1.69. The topological polar surface area (TPSA) is 78.2 Å². The predicted octanol–water partition coefficient (Wildman–Crippen LogP) is 4.59. The van der Waals surface area contributed by atoms with Gasteiger partial charge < -0.3 is 5.11 Å². The number of carbonyl (C=O) groups is 2. The van der Waals surface area contributed by atoms with Gasteiger partial charge in [0.15, 0.2) is 0 Å². The van der Waals surface area contributed by atoms with E-state index in [9.17, 15) is 9.59 Å². The average Bonchev–Trinajstić information content (AvgIpc) is 2.96. The minimum Gasteiger partial charge on any atom is -0.481 e. The van der Waals surface area contributed by atoms with Crippen LogP contribution < -0.4 is 0 Å². The number of aliphatic carboxylic acids is 1. The van der Waals surface area contributed by atoms with Crippen LogP contribution in [0.25, 0.3) is 6.08 Å². The van der Waals surface area contributed by atoms with Crippen LogP contribution in [0.5, 0.6) is 0 Å². The van der Waals surface area contributed by atoms with Crippen LogP contribution in [0.4, 0.5) is 0 Å². The first-order valence-electron chi connectivity index (χ1n) is 9.03. The molecule has 0 radical (unpaired) electrons. The fourth-order valence-electron chi connectivity index (χ4n) is 3.44. The molecular formula is C21H25NO3. The van der Waals surface area contributed by atoms with Gasteiger partial charge in [-0.05, 0) is 42.9 Å². The van der Waals surface area contributed by atoms with E-state index in [-0.39, 0.29) is 12.3 Å². The second-order valence-corrected chi connectivity index (χ2v) is 6.71. The van der Waals surface area contributed by atoms with Crippen LogP contribution >= 0.6 is 0 Å². The molecule has 4 nitrogen and oxygen atoms in total. The summed E-state index contributed by atoms with van der Waals surface area (Å²) in [4.78, 5) is 22.6. The van der Waals surface area contributed by atoms with Crippen LogP contribution in [0, 0.1) is 23.2 Å². The number of nitrogens with zero attached hydrogens (tertiary/aromatic N) is 1. The molecule has 2 rings (SSSR count). The molecule has 1 aromatic rings. The monoisotopic (exact) mass is 339 g/mol. The number of unbranched alkanes of at least 4 members (excludes halogenated alkanes) is 3. The summed E-state index contributed by atoms with van der Waals surface area (Å²) in [7, 11) is 0. The second-order valence-electron chi connectivity index (χ2n) is 6.71. The van der Waals surface area contributed by atoms with Crippen LogP contribution in [0.1, 0.15) is 62.5 Å². The lowest BCUT2D eigenvalue weighted by molar-refractivity contribution is -0.137. The summed E-state index contributed by atoms with van der Waals surface area (Å²) in [6.45, 7) is 0. The number of allylic oxidation sites excluding steroid dienone is 1. The molecule has 1 fully saturated rings. The Morgan fingerprint density at radius 1 is 1.20 bits per heavy atom. The smallest absolute Gasteiger partial charge is 0.303 e. The van der Waals surface area contributed by atoms with E-state index in [0.717, 1.165) is 44.1 Å². The molecule has 2 atom stereocenters. The molecule has 1 N–H and O–H groups in total. The zero-order valence-electron chi connectivity index (χ0n) is 14.5.